The van der Waals surface area contributed by atoms with Gasteiger partial charge in [0.1, 0.15) is 17.0 Å². The van der Waals surface area contributed by atoms with E-state index in [2.05, 4.69) is 61.6 Å². The number of aryl methyl sites for hydroxylation is 1. The van der Waals surface area contributed by atoms with Gasteiger partial charge in [-0.05, 0) is 171 Å². The van der Waals surface area contributed by atoms with Crippen LogP contribution in [-0.2, 0) is 39.0 Å². The first-order chi connectivity index (χ1) is 50.7. The van der Waals surface area contributed by atoms with E-state index in [9.17, 15) is 59.1 Å². The molecule has 0 radical (unpaired) electrons. The third kappa shape index (κ3) is 20.4. The fraction of sp³-hybridized carbons (Fsp3) is 0.494. The number of nitrogens with zero attached hydrogens (tertiary/aromatic N) is 6. The van der Waals surface area contributed by atoms with Crippen LogP contribution in [-0.4, -0.2) is 184 Å². The number of rotatable bonds is 25. The van der Waals surface area contributed by atoms with E-state index in [0.717, 1.165) is 83.3 Å². The van der Waals surface area contributed by atoms with Crippen molar-refractivity contribution in [2.75, 3.05) is 88.0 Å². The number of hydrogen-bond donors (Lipinski definition) is 5. The zero-order valence-corrected chi connectivity index (χ0v) is 65.7. The van der Waals surface area contributed by atoms with E-state index in [1.807, 2.05) is 111 Å². The fourth-order valence-electron chi connectivity index (χ4n) is 15.2. The molecule has 1 aromatic heterocycles. The van der Waals surface area contributed by atoms with Crippen LogP contribution < -0.4 is 25.6 Å². The van der Waals surface area contributed by atoms with E-state index in [4.69, 9.17) is 11.6 Å². The number of hydrogen-bond acceptors (Lipinski definition) is 17. The number of piperazine rings is 2. The van der Waals surface area contributed by atoms with E-state index in [1.165, 1.54) is 45.5 Å². The lowest BCUT2D eigenvalue weighted by molar-refractivity contribution is -0.144. The number of benzene rings is 5. The number of alkyl halides is 3. The number of β-amino-alcohol motifs (C(OH)–C–C–N with tert-alkyl or cyclic N) is 1. The zero-order chi connectivity index (χ0) is 76.8. The van der Waals surface area contributed by atoms with Crippen molar-refractivity contribution in [3.63, 3.8) is 0 Å². The maximum Gasteiger partial charge on any atom is 0.501 e. The van der Waals surface area contributed by atoms with Crippen LogP contribution in [0.15, 0.2) is 147 Å². The molecule has 4 heterocycles. The molecule has 5 amide bonds. The summed E-state index contributed by atoms with van der Waals surface area (Å²) >= 11 is 9.18. The second-order valence-corrected chi connectivity index (χ2v) is 37.0. The van der Waals surface area contributed by atoms with Gasteiger partial charge in [0.2, 0.25) is 23.6 Å². The second kappa shape index (κ2) is 34.3. The van der Waals surface area contributed by atoms with Crippen molar-refractivity contribution in [2.24, 2.45) is 22.7 Å². The highest BCUT2D eigenvalue weighted by Gasteiger charge is 2.49. The minimum Gasteiger partial charge on any atom is -0.391 e. The summed E-state index contributed by atoms with van der Waals surface area (Å²) in [6.07, 6.45) is 5.00. The third-order valence-electron chi connectivity index (χ3n) is 21.5. The normalized spacial score (nSPS) is 20.8. The van der Waals surface area contributed by atoms with Crippen molar-refractivity contribution in [1.29, 1.82) is 0 Å². The maximum atomic E-state index is 14.6. The Balaban J connectivity index is 0.659. The monoisotopic (exact) mass is 1570 g/mol. The summed E-state index contributed by atoms with van der Waals surface area (Å²) in [4.78, 5) is 84.0. The minimum absolute atomic E-state index is 0.0151. The van der Waals surface area contributed by atoms with E-state index in [0.29, 0.717) is 89.0 Å². The Bertz CT molecular complexity index is 4410. The van der Waals surface area contributed by atoms with Gasteiger partial charge in [-0.2, -0.15) is 13.2 Å². The fourth-order valence-corrected chi connectivity index (χ4v) is 19.2. The first kappa shape index (κ1) is 80.6. The Morgan fingerprint density at radius 3 is 2.08 bits per heavy atom. The number of anilines is 2. The summed E-state index contributed by atoms with van der Waals surface area (Å²) in [5, 5.41) is 20.6. The molecule has 0 spiro atoms. The molecule has 107 heavy (non-hydrogen) atoms. The van der Waals surface area contributed by atoms with Crippen molar-refractivity contribution in [2.45, 2.75) is 163 Å². The van der Waals surface area contributed by atoms with E-state index in [-0.39, 0.29) is 59.8 Å². The van der Waals surface area contributed by atoms with E-state index < -0.39 is 94.3 Å². The summed E-state index contributed by atoms with van der Waals surface area (Å²) < 4.78 is 101. The summed E-state index contributed by atoms with van der Waals surface area (Å²) in [6, 6.07) is 30.9. The molecule has 3 aliphatic heterocycles. The molecular weight excluding hydrogens is 1470 g/mol. The predicted molar refractivity (Wildman–Crippen MR) is 414 cm³/mol. The number of halogens is 4. The molecular formula is C79H98ClF3N10O10S4. The zero-order valence-electron chi connectivity index (χ0n) is 61.7. The number of aliphatic hydroxyl groups excluding tert-OH is 1. The number of thioether (sulfide) groups is 1. The van der Waals surface area contributed by atoms with Gasteiger partial charge in [-0.1, -0.05) is 106 Å². The largest absolute Gasteiger partial charge is 0.501 e. The molecule has 11 rings (SSSR count). The smallest absolute Gasteiger partial charge is 0.391 e. The molecule has 5 N–H and O–H groups in total. The number of nitrogens with one attached hydrogen (secondary N) is 4. The van der Waals surface area contributed by atoms with Gasteiger partial charge in [-0.25, -0.2) is 26.5 Å². The number of sulfonamides is 1. The molecule has 576 valence electrons. The van der Waals surface area contributed by atoms with E-state index in [1.54, 1.807) is 29.0 Å². The molecule has 0 bridgehead atoms. The molecule has 2 aliphatic carbocycles. The number of thiazole rings is 1. The SMILES string of the molecule is Cc1ncsc1-c1ccc([C@H](C)NC(=O)[C@@H]2C[C@@H](O)CN2C(=O)[C@@H](NC(=O)CC2CCC(C(=O)N3CCN(CC[C@H](CSc4ccccc4)Nc4ccc(S(=O)(=O)NC(=O)c5ccc(N6CCN(CC7=C(c8ccc(Cl)cc8)CCC(C)(C)C7)CC6)cc5)cc4S(=O)(=O)C(F)(F)F)CC3)CC2)C(C)(C)C)cc1. The number of carbonyl (C=O) groups excluding carboxylic acids is 5. The van der Waals surface area contributed by atoms with Crippen molar-refractivity contribution in [3.8, 4) is 10.4 Å². The van der Waals surface area contributed by atoms with Crippen LogP contribution >= 0.6 is 34.7 Å². The molecule has 6 aromatic rings. The van der Waals surface area contributed by atoms with Crippen molar-refractivity contribution in [3.05, 3.63) is 160 Å². The highest BCUT2D eigenvalue weighted by Crippen LogP contribution is 2.44. The number of likely N-dealkylation sites (tertiary alicyclic amines) is 1. The summed E-state index contributed by atoms with van der Waals surface area (Å²) in [5.41, 5.74) is 2.52. The Morgan fingerprint density at radius 1 is 0.794 bits per heavy atom. The quantitative estimate of drug-likeness (QED) is 0.0334. The Labute approximate surface area is 640 Å². The first-order valence-electron chi connectivity index (χ1n) is 36.8. The van der Waals surface area contributed by atoms with Gasteiger partial charge in [0.15, 0.2) is 0 Å². The molecule has 0 unspecified atom stereocenters. The van der Waals surface area contributed by atoms with Crippen molar-refractivity contribution in [1.82, 2.24) is 39.9 Å². The lowest BCUT2D eigenvalue weighted by Gasteiger charge is -2.39. The third-order valence-corrected chi connectivity index (χ3v) is 26.8. The van der Waals surface area contributed by atoms with Crippen molar-refractivity contribution >= 4 is 101 Å². The highest BCUT2D eigenvalue weighted by atomic mass is 35.5. The summed E-state index contributed by atoms with van der Waals surface area (Å²) in [6.45, 7) is 19.9. The number of amides is 5. The van der Waals surface area contributed by atoms with Crippen LogP contribution in [0, 0.1) is 29.6 Å². The van der Waals surface area contributed by atoms with Crippen LogP contribution in [0.4, 0.5) is 24.5 Å². The minimum atomic E-state index is -6.19. The first-order valence-corrected chi connectivity index (χ1v) is 42.0. The van der Waals surface area contributed by atoms with Crippen LogP contribution in [0.1, 0.15) is 139 Å². The Morgan fingerprint density at radius 2 is 1.45 bits per heavy atom. The Hall–Kier alpha value is -7.37. The Kier molecular flexibility index (Phi) is 25.8. The molecule has 28 heteroatoms. The number of aromatic nitrogens is 1. The number of allylic oxidation sites excluding steroid dienone is 1. The average Bonchev–Trinajstić information content (AvgIpc) is 1.35. The number of carbonyl (C=O) groups is 5. The predicted octanol–water partition coefficient (Wildman–Crippen LogP) is 12.6. The van der Waals surface area contributed by atoms with Crippen molar-refractivity contribution < 1.29 is 59.1 Å². The average molecular weight is 1570 g/mol. The van der Waals surface area contributed by atoms with Gasteiger partial charge in [0.05, 0.1) is 38.8 Å². The molecule has 5 aliphatic rings. The molecule has 5 aromatic carbocycles. The van der Waals surface area contributed by atoms with Gasteiger partial charge in [0.25, 0.3) is 25.8 Å². The molecule has 1 saturated carbocycles. The maximum absolute atomic E-state index is 14.6. The second-order valence-electron chi connectivity index (χ2n) is 31.0. The number of aliphatic hydroxyl groups is 1. The number of sulfone groups is 1. The van der Waals surface area contributed by atoms with Gasteiger partial charge in [-0.3, -0.25) is 33.8 Å². The van der Waals surface area contributed by atoms with Gasteiger partial charge in [-0.15, -0.1) is 23.1 Å². The topological polar surface area (TPSA) is 251 Å². The van der Waals surface area contributed by atoms with Crippen LogP contribution in [0.25, 0.3) is 16.0 Å². The van der Waals surface area contributed by atoms with Crippen LogP contribution in [0.5, 0.6) is 0 Å². The summed E-state index contributed by atoms with van der Waals surface area (Å²) in [5.74, 6) is -2.27. The molecule has 3 saturated heterocycles. The lowest BCUT2D eigenvalue weighted by atomic mass is 9.73. The standard InChI is InChI=1S/C79H98ClF3N10O10S4/c1-51(54-17-19-56(20-18-54)71-52(2)84-50-105-71)85-74(97)68-44-63(94)48-93(68)76(99)72(77(3,4)5)87-70(95)43-53-13-15-58(16-14-53)75(98)92-41-35-89(36-42-92)34-32-61(49-104-64-11-9-8-10-12-64)86-67-30-29-65(45-69(67)106(100,101)79(81,82)83)107(102,103)88-73(96)57-23-27-62(28-24-57)91-39-37-90(38-40-91)47-59-46-78(6,7)33-31-66(59)55-21-25-60(80)26-22-55/h8-12,17-30,45,50-51,53,58,61,63,68,72,86,94H,13-16,31-44,46-49H2,1-7H3,(H,85,97)(H,87,95)(H,88,96)/t51-,53?,58?,61+,63+,68-,72+/m0/s1. The summed E-state index contributed by atoms with van der Waals surface area (Å²) in [7, 11) is -11.1. The van der Waals surface area contributed by atoms with Crippen LogP contribution in [0.2, 0.25) is 5.02 Å². The lowest BCUT2D eigenvalue weighted by Crippen LogP contribution is -2.58. The highest BCUT2D eigenvalue weighted by molar-refractivity contribution is 7.99. The van der Waals surface area contributed by atoms with Crippen LogP contribution in [0.3, 0.4) is 0 Å². The van der Waals surface area contributed by atoms with Gasteiger partial charge < -0.3 is 35.8 Å². The molecule has 5 atom stereocenters. The van der Waals surface area contributed by atoms with Gasteiger partial charge >= 0.3 is 5.51 Å². The molecule has 20 nitrogen and oxygen atoms in total. The van der Waals surface area contributed by atoms with E-state index >= 15 is 0 Å². The molecule has 4 fully saturated rings. The van der Waals surface area contributed by atoms with Gasteiger partial charge in [0, 0.05) is 124 Å².